The maximum absolute atomic E-state index is 12.0. The molecule has 1 heterocycles. The molecule has 1 aliphatic heterocycles. The number of rotatable bonds is 5. The zero-order chi connectivity index (χ0) is 13.8. The summed E-state index contributed by atoms with van der Waals surface area (Å²) < 4.78 is 5.89. The van der Waals surface area contributed by atoms with Gasteiger partial charge in [0, 0.05) is 19.0 Å². The third kappa shape index (κ3) is 3.07. The Morgan fingerprint density at radius 2 is 2.32 bits per heavy atom. The summed E-state index contributed by atoms with van der Waals surface area (Å²) >= 11 is 0. The van der Waals surface area contributed by atoms with Gasteiger partial charge in [0.2, 0.25) is 0 Å². The van der Waals surface area contributed by atoms with Gasteiger partial charge in [0.15, 0.2) is 5.78 Å². The summed E-state index contributed by atoms with van der Waals surface area (Å²) in [4.78, 5) is 14.2. The lowest BCUT2D eigenvalue weighted by Crippen LogP contribution is -2.37. The first-order chi connectivity index (χ1) is 9.15. The number of Topliss-reactive ketones (excluding diaryl/α,β-unsaturated/α-hetero) is 1. The molecule has 0 aromatic heterocycles. The molecular formula is C15H22N2O2. The molecule has 0 spiro atoms. The summed E-state index contributed by atoms with van der Waals surface area (Å²) in [6.07, 6.45) is 2.47. The van der Waals surface area contributed by atoms with Gasteiger partial charge in [0.1, 0.15) is 11.9 Å². The topological polar surface area (TPSA) is 55.6 Å². The van der Waals surface area contributed by atoms with E-state index in [9.17, 15) is 4.79 Å². The van der Waals surface area contributed by atoms with Gasteiger partial charge in [0.25, 0.3) is 0 Å². The van der Waals surface area contributed by atoms with Crippen molar-refractivity contribution in [3.05, 3.63) is 23.8 Å². The van der Waals surface area contributed by atoms with Crippen molar-refractivity contribution in [1.29, 1.82) is 0 Å². The number of carbonyl (C=O) groups is 1. The number of nitrogens with two attached hydrogens (primary N) is 1. The van der Waals surface area contributed by atoms with Crippen molar-refractivity contribution in [2.75, 3.05) is 25.0 Å². The summed E-state index contributed by atoms with van der Waals surface area (Å²) in [5.41, 5.74) is 7.19. The molecular weight excluding hydrogens is 240 g/mol. The van der Waals surface area contributed by atoms with Crippen molar-refractivity contribution in [3.63, 3.8) is 0 Å². The molecule has 104 valence electrons. The van der Waals surface area contributed by atoms with Crippen LogP contribution in [0.5, 0.6) is 5.75 Å². The predicted octanol–water partition coefficient (Wildman–Crippen LogP) is 2.22. The zero-order valence-corrected chi connectivity index (χ0v) is 11.7. The molecule has 0 amide bonds. The normalized spacial score (nSPS) is 17.8. The molecule has 0 saturated heterocycles. The summed E-state index contributed by atoms with van der Waals surface area (Å²) in [6.45, 7) is 3.54. The highest BCUT2D eigenvalue weighted by Gasteiger charge is 2.23. The average molecular weight is 262 g/mol. The number of hydrogen-bond donors (Lipinski definition) is 1. The third-order valence-electron chi connectivity index (χ3n) is 3.53. The van der Waals surface area contributed by atoms with Gasteiger partial charge < -0.3 is 15.4 Å². The monoisotopic (exact) mass is 262 g/mol. The number of carbonyl (C=O) groups excluding carboxylic acids is 1. The van der Waals surface area contributed by atoms with Crippen LogP contribution in [0, 0.1) is 0 Å². The van der Waals surface area contributed by atoms with Crippen molar-refractivity contribution in [1.82, 2.24) is 0 Å². The van der Waals surface area contributed by atoms with Gasteiger partial charge in [-0.05, 0) is 37.6 Å². The molecule has 0 aliphatic carbocycles. The number of ketones is 1. The molecule has 0 fully saturated rings. The van der Waals surface area contributed by atoms with Crippen molar-refractivity contribution in [2.45, 2.75) is 32.3 Å². The van der Waals surface area contributed by atoms with E-state index in [1.54, 1.807) is 0 Å². The van der Waals surface area contributed by atoms with E-state index in [0.717, 1.165) is 36.4 Å². The Bertz CT molecular complexity index is 459. The highest BCUT2D eigenvalue weighted by atomic mass is 16.5. The molecule has 2 N–H and O–H groups in total. The molecule has 1 aromatic carbocycles. The molecule has 19 heavy (non-hydrogen) atoms. The standard InChI is InChI=1S/C15H22N2O2/c1-3-12-10-17(2)13-9-11(6-7-15(13)19-12)14(18)5-4-8-16/h6-7,9,12H,3-5,8,10,16H2,1-2H3. The average Bonchev–Trinajstić information content (AvgIpc) is 2.44. The van der Waals surface area contributed by atoms with Crippen LogP contribution in [-0.2, 0) is 0 Å². The predicted molar refractivity (Wildman–Crippen MR) is 77.0 cm³/mol. The van der Waals surface area contributed by atoms with Crippen molar-refractivity contribution >= 4 is 11.5 Å². The van der Waals surface area contributed by atoms with E-state index in [1.165, 1.54) is 0 Å². The highest BCUT2D eigenvalue weighted by molar-refractivity contribution is 5.97. The second-order valence-electron chi connectivity index (χ2n) is 5.03. The van der Waals surface area contributed by atoms with Gasteiger partial charge >= 0.3 is 0 Å². The Morgan fingerprint density at radius 3 is 3.00 bits per heavy atom. The maximum Gasteiger partial charge on any atom is 0.163 e. The second-order valence-corrected chi connectivity index (χ2v) is 5.03. The number of ether oxygens (including phenoxy) is 1. The Balaban J connectivity index is 2.19. The van der Waals surface area contributed by atoms with Crippen LogP contribution in [0.3, 0.4) is 0 Å². The van der Waals surface area contributed by atoms with Crippen molar-refractivity contribution in [2.24, 2.45) is 5.73 Å². The van der Waals surface area contributed by atoms with E-state index in [2.05, 4.69) is 11.8 Å². The molecule has 1 aliphatic rings. The molecule has 4 nitrogen and oxygen atoms in total. The number of benzene rings is 1. The van der Waals surface area contributed by atoms with Crippen LogP contribution in [0.2, 0.25) is 0 Å². The van der Waals surface area contributed by atoms with Gasteiger partial charge in [-0.15, -0.1) is 0 Å². The largest absolute Gasteiger partial charge is 0.486 e. The first-order valence-corrected chi connectivity index (χ1v) is 6.90. The number of fused-ring (bicyclic) bond motifs is 1. The maximum atomic E-state index is 12.0. The van der Waals surface area contributed by atoms with Crippen molar-refractivity contribution in [3.8, 4) is 5.75 Å². The van der Waals surface area contributed by atoms with Crippen LogP contribution < -0.4 is 15.4 Å². The molecule has 0 saturated carbocycles. The zero-order valence-electron chi connectivity index (χ0n) is 11.7. The third-order valence-corrected chi connectivity index (χ3v) is 3.53. The summed E-state index contributed by atoms with van der Waals surface area (Å²) in [7, 11) is 2.04. The fraction of sp³-hybridized carbons (Fsp3) is 0.533. The highest BCUT2D eigenvalue weighted by Crippen LogP contribution is 2.34. The minimum absolute atomic E-state index is 0.152. The first-order valence-electron chi connectivity index (χ1n) is 6.90. The number of hydrogen-bond acceptors (Lipinski definition) is 4. The number of anilines is 1. The van der Waals surface area contributed by atoms with Crippen LogP contribution in [-0.4, -0.2) is 32.0 Å². The molecule has 1 unspecified atom stereocenters. The van der Waals surface area contributed by atoms with Crippen LogP contribution >= 0.6 is 0 Å². The fourth-order valence-electron chi connectivity index (χ4n) is 2.33. The van der Waals surface area contributed by atoms with E-state index in [0.29, 0.717) is 13.0 Å². The van der Waals surface area contributed by atoms with E-state index in [1.807, 2.05) is 25.2 Å². The molecule has 2 rings (SSSR count). The fourth-order valence-corrected chi connectivity index (χ4v) is 2.33. The van der Waals surface area contributed by atoms with Gasteiger partial charge in [-0.25, -0.2) is 0 Å². The van der Waals surface area contributed by atoms with Crippen LogP contribution in [0.25, 0.3) is 0 Å². The van der Waals surface area contributed by atoms with Crippen LogP contribution in [0.15, 0.2) is 18.2 Å². The Morgan fingerprint density at radius 1 is 1.53 bits per heavy atom. The molecule has 0 radical (unpaired) electrons. The number of likely N-dealkylation sites (N-methyl/N-ethyl adjacent to an activating group) is 1. The van der Waals surface area contributed by atoms with Gasteiger partial charge in [-0.1, -0.05) is 6.92 Å². The number of nitrogens with zero attached hydrogens (tertiary/aromatic N) is 1. The minimum atomic E-state index is 0.152. The van der Waals surface area contributed by atoms with E-state index in [-0.39, 0.29) is 11.9 Å². The molecule has 1 atom stereocenters. The lowest BCUT2D eigenvalue weighted by atomic mass is 10.0. The van der Waals surface area contributed by atoms with E-state index < -0.39 is 0 Å². The first kappa shape index (κ1) is 13.9. The lowest BCUT2D eigenvalue weighted by molar-refractivity contribution is 0.0980. The summed E-state index contributed by atoms with van der Waals surface area (Å²) in [6, 6.07) is 5.69. The molecule has 4 heteroatoms. The molecule has 0 bridgehead atoms. The van der Waals surface area contributed by atoms with Crippen LogP contribution in [0.1, 0.15) is 36.5 Å². The molecule has 1 aromatic rings. The van der Waals surface area contributed by atoms with Crippen LogP contribution in [0.4, 0.5) is 5.69 Å². The Kier molecular flexibility index (Phi) is 4.43. The van der Waals surface area contributed by atoms with Gasteiger partial charge in [-0.2, -0.15) is 0 Å². The van der Waals surface area contributed by atoms with E-state index in [4.69, 9.17) is 10.5 Å². The second kappa shape index (κ2) is 6.06. The lowest BCUT2D eigenvalue weighted by Gasteiger charge is -2.33. The summed E-state index contributed by atoms with van der Waals surface area (Å²) in [5.74, 6) is 1.02. The summed E-state index contributed by atoms with van der Waals surface area (Å²) in [5, 5.41) is 0. The SMILES string of the molecule is CCC1CN(C)c2cc(C(=O)CCCN)ccc2O1. The Hall–Kier alpha value is -1.55. The minimum Gasteiger partial charge on any atom is -0.486 e. The van der Waals surface area contributed by atoms with E-state index >= 15 is 0 Å². The quantitative estimate of drug-likeness (QED) is 0.827. The Labute approximate surface area is 114 Å². The van der Waals surface area contributed by atoms with Crippen molar-refractivity contribution < 1.29 is 9.53 Å². The van der Waals surface area contributed by atoms with Gasteiger partial charge in [-0.3, -0.25) is 4.79 Å². The van der Waals surface area contributed by atoms with Gasteiger partial charge in [0.05, 0.1) is 12.2 Å². The smallest absolute Gasteiger partial charge is 0.163 e.